The van der Waals surface area contributed by atoms with Crippen LogP contribution >= 0.6 is 11.6 Å². The molecule has 31 heavy (non-hydrogen) atoms. The van der Waals surface area contributed by atoms with Gasteiger partial charge in [-0.25, -0.2) is 8.42 Å². The summed E-state index contributed by atoms with van der Waals surface area (Å²) < 4.78 is 34.6. The molecule has 0 atom stereocenters. The van der Waals surface area contributed by atoms with E-state index in [1.807, 2.05) is 13.8 Å². The number of hydrogen-bond donors (Lipinski definition) is 2. The van der Waals surface area contributed by atoms with Crippen LogP contribution < -0.4 is 14.2 Å². The molecule has 0 aliphatic carbocycles. The summed E-state index contributed by atoms with van der Waals surface area (Å²) in [7, 11) is -3.98. The average Bonchev–Trinajstić information content (AvgIpc) is 2.71. The normalized spacial score (nSPS) is 11.4. The van der Waals surface area contributed by atoms with Crippen LogP contribution in [-0.4, -0.2) is 25.5 Å². The molecular weight excluding hydrogens is 440 g/mol. The first-order valence-corrected chi connectivity index (χ1v) is 11.3. The first kappa shape index (κ1) is 22.6. The molecule has 9 heteroatoms. The van der Waals surface area contributed by atoms with Crippen LogP contribution in [0.25, 0.3) is 0 Å². The SMILES string of the molecule is Cc1c(C(=O)c2cc(Cl)ccc2NS(=O)(=O)c2ccc(OC(C)C)cc2)ccc[n+]1O. The molecule has 0 saturated carbocycles. The minimum absolute atomic E-state index is 0.0149. The second-order valence-electron chi connectivity index (χ2n) is 7.11. The molecule has 0 radical (unpaired) electrons. The highest BCUT2D eigenvalue weighted by atomic mass is 35.5. The van der Waals surface area contributed by atoms with E-state index in [1.165, 1.54) is 48.7 Å². The number of benzene rings is 2. The summed E-state index contributed by atoms with van der Waals surface area (Å²) in [6.45, 7) is 5.32. The Balaban J connectivity index is 1.97. The number of ether oxygens (including phenoxy) is 1. The third kappa shape index (κ3) is 5.15. The lowest BCUT2D eigenvalue weighted by Crippen LogP contribution is -2.35. The van der Waals surface area contributed by atoms with Gasteiger partial charge in [-0.3, -0.25) is 14.7 Å². The van der Waals surface area contributed by atoms with Gasteiger partial charge in [-0.15, -0.1) is 0 Å². The van der Waals surface area contributed by atoms with Gasteiger partial charge in [0.15, 0.2) is 0 Å². The largest absolute Gasteiger partial charge is 0.491 e. The van der Waals surface area contributed by atoms with Crippen LogP contribution in [0.2, 0.25) is 5.02 Å². The number of rotatable bonds is 7. The maximum Gasteiger partial charge on any atom is 0.261 e. The Morgan fingerprint density at radius 1 is 1.10 bits per heavy atom. The second-order valence-corrected chi connectivity index (χ2v) is 9.23. The molecule has 0 aliphatic heterocycles. The first-order chi connectivity index (χ1) is 14.6. The third-order valence-electron chi connectivity index (χ3n) is 4.44. The number of carbonyl (C=O) groups excluding carboxylic acids is 1. The zero-order chi connectivity index (χ0) is 22.8. The summed E-state index contributed by atoms with van der Waals surface area (Å²) in [4.78, 5) is 13.1. The van der Waals surface area contributed by atoms with Crippen LogP contribution in [0, 0.1) is 6.92 Å². The van der Waals surface area contributed by atoms with Gasteiger partial charge in [-0.2, -0.15) is 0 Å². The van der Waals surface area contributed by atoms with Gasteiger partial charge in [0, 0.05) is 28.3 Å². The van der Waals surface area contributed by atoms with Gasteiger partial charge in [0.05, 0.1) is 22.3 Å². The number of ketones is 1. The van der Waals surface area contributed by atoms with Gasteiger partial charge >= 0.3 is 0 Å². The van der Waals surface area contributed by atoms with Gasteiger partial charge < -0.3 is 4.74 Å². The Morgan fingerprint density at radius 3 is 2.42 bits per heavy atom. The summed E-state index contributed by atoms with van der Waals surface area (Å²) in [6.07, 6.45) is 1.35. The van der Waals surface area contributed by atoms with E-state index in [4.69, 9.17) is 16.3 Å². The molecule has 0 unspecified atom stereocenters. The van der Waals surface area contributed by atoms with Gasteiger partial charge in [-0.05, 0) is 62.4 Å². The van der Waals surface area contributed by atoms with E-state index in [9.17, 15) is 18.4 Å². The molecule has 2 aromatic carbocycles. The molecule has 0 aliphatic rings. The third-order valence-corrected chi connectivity index (χ3v) is 6.06. The summed E-state index contributed by atoms with van der Waals surface area (Å²) in [5.41, 5.74) is 0.653. The average molecular weight is 462 g/mol. The summed E-state index contributed by atoms with van der Waals surface area (Å²) in [5, 5.41) is 10.1. The topological polar surface area (TPSA) is 96.6 Å². The fraction of sp³-hybridized carbons (Fsp3) is 0.182. The fourth-order valence-corrected chi connectivity index (χ4v) is 4.18. The number of halogens is 1. The van der Waals surface area contributed by atoms with Crippen molar-refractivity contribution in [3.05, 3.63) is 82.6 Å². The number of sulfonamides is 1. The van der Waals surface area contributed by atoms with Gasteiger partial charge in [0.1, 0.15) is 5.75 Å². The van der Waals surface area contributed by atoms with Crippen LogP contribution in [0.1, 0.15) is 35.5 Å². The first-order valence-electron chi connectivity index (χ1n) is 9.43. The minimum atomic E-state index is -3.98. The van der Waals surface area contributed by atoms with Gasteiger partial charge in [0.2, 0.25) is 17.7 Å². The second kappa shape index (κ2) is 8.95. The lowest BCUT2D eigenvalue weighted by Gasteiger charge is -2.14. The molecule has 3 rings (SSSR count). The Bertz CT molecular complexity index is 1230. The molecule has 0 amide bonds. The molecular formula is C22H22ClN2O5S+. The van der Waals surface area contributed by atoms with Crippen molar-refractivity contribution < 1.29 is 27.9 Å². The number of anilines is 1. The number of carbonyl (C=O) groups is 1. The fourth-order valence-electron chi connectivity index (χ4n) is 2.93. The predicted octanol–water partition coefficient (Wildman–Crippen LogP) is 3.99. The van der Waals surface area contributed by atoms with E-state index < -0.39 is 15.8 Å². The molecule has 2 N–H and O–H groups in total. The Labute approximate surface area is 185 Å². The summed E-state index contributed by atoms with van der Waals surface area (Å²) >= 11 is 6.07. The smallest absolute Gasteiger partial charge is 0.261 e. The standard InChI is InChI=1S/C22H21ClN2O5S/c1-14(2)30-17-7-9-18(10-8-17)31(28,29)24-21-11-6-16(23)13-20(21)22(26)19-5-4-12-25(27)15(19)3/h4-14H,1-3H3,(H-,24,26,27)/p+1. The van der Waals surface area contributed by atoms with Crippen LogP contribution in [0.15, 0.2) is 65.7 Å². The van der Waals surface area contributed by atoms with Crippen molar-refractivity contribution in [1.29, 1.82) is 0 Å². The van der Waals surface area contributed by atoms with Crippen LogP contribution in [0.3, 0.4) is 0 Å². The Kier molecular flexibility index (Phi) is 6.52. The highest BCUT2D eigenvalue weighted by Crippen LogP contribution is 2.27. The molecule has 1 aromatic heterocycles. The van der Waals surface area contributed by atoms with E-state index in [-0.39, 0.29) is 32.8 Å². The number of nitrogens with zero attached hydrogens (tertiary/aromatic N) is 1. The molecule has 3 aromatic rings. The summed E-state index contributed by atoms with van der Waals surface area (Å²) in [5.74, 6) is 0.0648. The van der Waals surface area contributed by atoms with Crippen molar-refractivity contribution in [2.75, 3.05) is 4.72 Å². The highest BCUT2D eigenvalue weighted by Gasteiger charge is 2.24. The zero-order valence-electron chi connectivity index (χ0n) is 17.2. The highest BCUT2D eigenvalue weighted by molar-refractivity contribution is 7.92. The lowest BCUT2D eigenvalue weighted by atomic mass is 10.0. The van der Waals surface area contributed by atoms with Crippen molar-refractivity contribution in [1.82, 2.24) is 0 Å². The molecule has 0 saturated heterocycles. The van der Waals surface area contributed by atoms with Crippen molar-refractivity contribution in [2.45, 2.75) is 31.8 Å². The van der Waals surface area contributed by atoms with Crippen LogP contribution in [0.4, 0.5) is 5.69 Å². The molecule has 162 valence electrons. The number of pyridine rings is 1. The molecule has 0 bridgehead atoms. The van der Waals surface area contributed by atoms with E-state index in [2.05, 4.69) is 4.72 Å². The maximum absolute atomic E-state index is 13.1. The molecule has 1 heterocycles. The zero-order valence-corrected chi connectivity index (χ0v) is 18.7. The quantitative estimate of drug-likeness (QED) is 0.315. The monoisotopic (exact) mass is 461 g/mol. The van der Waals surface area contributed by atoms with Crippen LogP contribution in [0.5, 0.6) is 5.75 Å². The van der Waals surface area contributed by atoms with Crippen molar-refractivity contribution in [2.24, 2.45) is 0 Å². The van der Waals surface area contributed by atoms with Crippen molar-refractivity contribution in [3.8, 4) is 5.75 Å². The number of hydrogen-bond acceptors (Lipinski definition) is 5. The number of nitrogens with one attached hydrogen (secondary N) is 1. The van der Waals surface area contributed by atoms with E-state index in [0.717, 1.165) is 4.73 Å². The minimum Gasteiger partial charge on any atom is -0.491 e. The van der Waals surface area contributed by atoms with E-state index in [1.54, 1.807) is 19.1 Å². The molecule has 0 spiro atoms. The lowest BCUT2D eigenvalue weighted by molar-refractivity contribution is -0.908. The number of aromatic nitrogens is 1. The van der Waals surface area contributed by atoms with Crippen molar-refractivity contribution >= 4 is 33.1 Å². The molecule has 0 fully saturated rings. The van der Waals surface area contributed by atoms with Gasteiger partial charge in [0.25, 0.3) is 10.0 Å². The Hall–Kier alpha value is -3.10. The predicted molar refractivity (Wildman–Crippen MR) is 116 cm³/mol. The van der Waals surface area contributed by atoms with Crippen LogP contribution in [-0.2, 0) is 10.0 Å². The van der Waals surface area contributed by atoms with E-state index in [0.29, 0.717) is 11.4 Å². The summed E-state index contributed by atoms with van der Waals surface area (Å²) in [6, 6.07) is 13.3. The van der Waals surface area contributed by atoms with E-state index >= 15 is 0 Å². The molecule has 7 nitrogen and oxygen atoms in total. The van der Waals surface area contributed by atoms with Gasteiger partial charge in [-0.1, -0.05) is 11.6 Å². The maximum atomic E-state index is 13.1. The Morgan fingerprint density at radius 2 is 1.77 bits per heavy atom. The van der Waals surface area contributed by atoms with Crippen molar-refractivity contribution in [3.63, 3.8) is 0 Å².